The first kappa shape index (κ1) is 12.2. The number of hydrogen-bond donors (Lipinski definition) is 0. The molecule has 0 bridgehead atoms. The molecule has 0 radical (unpaired) electrons. The zero-order chi connectivity index (χ0) is 10.3. The van der Waals surface area contributed by atoms with E-state index in [-0.39, 0.29) is 5.97 Å². The molecule has 0 fully saturated rings. The largest absolute Gasteiger partial charge is 0.456 e. The van der Waals surface area contributed by atoms with Crippen molar-refractivity contribution in [2.75, 3.05) is 13.2 Å². The Morgan fingerprint density at radius 2 is 2.15 bits per heavy atom. The van der Waals surface area contributed by atoms with E-state index in [1.807, 2.05) is 20.8 Å². The lowest BCUT2D eigenvalue weighted by molar-refractivity contribution is -0.151. The van der Waals surface area contributed by atoms with E-state index in [0.717, 1.165) is 0 Å². The summed E-state index contributed by atoms with van der Waals surface area (Å²) in [6.07, 6.45) is 1.86. The molecule has 3 nitrogen and oxygen atoms in total. The molecule has 0 unspecified atom stereocenters. The number of rotatable bonds is 6. The third-order valence-electron chi connectivity index (χ3n) is 1.60. The molecule has 0 aromatic rings. The Balaban J connectivity index is 3.78. The molecule has 76 valence electrons. The number of ether oxygens (including phenoxy) is 2. The first-order valence-corrected chi connectivity index (χ1v) is 4.45. The van der Waals surface area contributed by atoms with Gasteiger partial charge in [0.25, 0.3) is 0 Å². The molecule has 0 aromatic carbocycles. The van der Waals surface area contributed by atoms with Crippen molar-refractivity contribution in [3.05, 3.63) is 12.7 Å². The molecule has 13 heavy (non-hydrogen) atoms. The van der Waals surface area contributed by atoms with Gasteiger partial charge in [-0.1, -0.05) is 6.58 Å². The van der Waals surface area contributed by atoms with Gasteiger partial charge in [-0.25, -0.2) is 4.79 Å². The SMILES string of the molecule is C=CC(=O)OC(C)(C)CCOCC. The Bertz CT molecular complexity index is 173. The Morgan fingerprint density at radius 1 is 1.54 bits per heavy atom. The minimum Gasteiger partial charge on any atom is -0.456 e. The first-order chi connectivity index (χ1) is 6.02. The molecule has 0 amide bonds. The molecule has 0 heterocycles. The predicted octanol–water partition coefficient (Wildman–Crippen LogP) is 1.92. The predicted molar refractivity (Wildman–Crippen MR) is 51.5 cm³/mol. The normalized spacial score (nSPS) is 11.0. The van der Waals surface area contributed by atoms with Crippen LogP contribution in [0.5, 0.6) is 0 Å². The van der Waals surface area contributed by atoms with Gasteiger partial charge in [-0.05, 0) is 20.8 Å². The lowest BCUT2D eigenvalue weighted by Gasteiger charge is -2.24. The lowest BCUT2D eigenvalue weighted by Crippen LogP contribution is -2.28. The van der Waals surface area contributed by atoms with Crippen molar-refractivity contribution in [3.8, 4) is 0 Å². The number of hydrogen-bond acceptors (Lipinski definition) is 3. The minimum atomic E-state index is -0.472. The number of carbonyl (C=O) groups excluding carboxylic acids is 1. The Labute approximate surface area is 79.7 Å². The van der Waals surface area contributed by atoms with E-state index in [0.29, 0.717) is 19.6 Å². The molecular formula is C10H18O3. The van der Waals surface area contributed by atoms with Crippen LogP contribution in [0.25, 0.3) is 0 Å². The fourth-order valence-electron chi connectivity index (χ4n) is 0.827. The van der Waals surface area contributed by atoms with E-state index in [4.69, 9.17) is 9.47 Å². The average molecular weight is 186 g/mol. The third kappa shape index (κ3) is 6.34. The molecule has 0 aliphatic rings. The van der Waals surface area contributed by atoms with Crippen LogP contribution in [0.2, 0.25) is 0 Å². The fourth-order valence-corrected chi connectivity index (χ4v) is 0.827. The molecule has 3 heteroatoms. The van der Waals surface area contributed by atoms with Gasteiger partial charge in [0.05, 0.1) is 6.61 Å². The number of carbonyl (C=O) groups is 1. The monoisotopic (exact) mass is 186 g/mol. The molecule has 0 N–H and O–H groups in total. The maximum Gasteiger partial charge on any atom is 0.330 e. The Hall–Kier alpha value is -0.830. The van der Waals surface area contributed by atoms with Crippen molar-refractivity contribution in [1.82, 2.24) is 0 Å². The smallest absolute Gasteiger partial charge is 0.330 e. The second-order valence-corrected chi connectivity index (χ2v) is 3.33. The van der Waals surface area contributed by atoms with Crippen LogP contribution < -0.4 is 0 Å². The van der Waals surface area contributed by atoms with Crippen LogP contribution in [0.4, 0.5) is 0 Å². The van der Waals surface area contributed by atoms with E-state index < -0.39 is 5.60 Å². The molecule has 0 rings (SSSR count). The van der Waals surface area contributed by atoms with Gasteiger partial charge in [-0.3, -0.25) is 0 Å². The van der Waals surface area contributed by atoms with Crippen LogP contribution in [0, 0.1) is 0 Å². The summed E-state index contributed by atoms with van der Waals surface area (Å²) in [6, 6.07) is 0. The van der Waals surface area contributed by atoms with Crippen LogP contribution in [-0.4, -0.2) is 24.8 Å². The quantitative estimate of drug-likeness (QED) is 0.361. The summed E-state index contributed by atoms with van der Waals surface area (Å²) < 4.78 is 10.3. The molecule has 0 saturated heterocycles. The average Bonchev–Trinajstić information content (AvgIpc) is 2.03. The van der Waals surface area contributed by atoms with Crippen LogP contribution in [0.15, 0.2) is 12.7 Å². The lowest BCUT2D eigenvalue weighted by atomic mass is 10.1. The van der Waals surface area contributed by atoms with Gasteiger partial charge < -0.3 is 9.47 Å². The van der Waals surface area contributed by atoms with Crippen molar-refractivity contribution in [2.24, 2.45) is 0 Å². The third-order valence-corrected chi connectivity index (χ3v) is 1.60. The first-order valence-electron chi connectivity index (χ1n) is 4.45. The second-order valence-electron chi connectivity index (χ2n) is 3.33. The van der Waals surface area contributed by atoms with Crippen molar-refractivity contribution >= 4 is 5.97 Å². The molecular weight excluding hydrogens is 168 g/mol. The van der Waals surface area contributed by atoms with Gasteiger partial charge in [-0.15, -0.1) is 0 Å². The highest BCUT2D eigenvalue weighted by Crippen LogP contribution is 2.14. The van der Waals surface area contributed by atoms with E-state index in [9.17, 15) is 4.79 Å². The highest BCUT2D eigenvalue weighted by atomic mass is 16.6. The molecule has 0 saturated carbocycles. The van der Waals surface area contributed by atoms with Crippen LogP contribution in [-0.2, 0) is 14.3 Å². The fraction of sp³-hybridized carbons (Fsp3) is 0.700. The van der Waals surface area contributed by atoms with E-state index in [2.05, 4.69) is 6.58 Å². The molecule has 0 atom stereocenters. The summed E-state index contributed by atoms with van der Waals surface area (Å²) in [5.74, 6) is -0.388. The minimum absolute atomic E-state index is 0.388. The Kier molecular flexibility index (Phi) is 5.39. The van der Waals surface area contributed by atoms with Gasteiger partial charge >= 0.3 is 5.97 Å². The standard InChI is InChI=1S/C10H18O3/c1-5-9(11)13-10(3,4)7-8-12-6-2/h5H,1,6-8H2,2-4H3. The summed E-state index contributed by atoms with van der Waals surface area (Å²) >= 11 is 0. The second kappa shape index (κ2) is 5.75. The van der Waals surface area contributed by atoms with Crippen LogP contribution in [0.1, 0.15) is 27.2 Å². The summed E-state index contributed by atoms with van der Waals surface area (Å²) in [4.78, 5) is 10.9. The van der Waals surface area contributed by atoms with Gasteiger partial charge in [-0.2, -0.15) is 0 Å². The van der Waals surface area contributed by atoms with Crippen LogP contribution in [0.3, 0.4) is 0 Å². The maximum absolute atomic E-state index is 10.9. The van der Waals surface area contributed by atoms with Gasteiger partial charge in [0.15, 0.2) is 0 Å². The van der Waals surface area contributed by atoms with E-state index in [1.165, 1.54) is 6.08 Å². The summed E-state index contributed by atoms with van der Waals surface area (Å²) in [7, 11) is 0. The molecule has 0 aliphatic heterocycles. The molecule has 0 aromatic heterocycles. The van der Waals surface area contributed by atoms with E-state index in [1.54, 1.807) is 0 Å². The van der Waals surface area contributed by atoms with Gasteiger partial charge in [0.2, 0.25) is 0 Å². The molecule has 0 spiro atoms. The van der Waals surface area contributed by atoms with Crippen molar-refractivity contribution in [1.29, 1.82) is 0 Å². The van der Waals surface area contributed by atoms with Gasteiger partial charge in [0, 0.05) is 19.1 Å². The zero-order valence-corrected chi connectivity index (χ0v) is 8.63. The topological polar surface area (TPSA) is 35.5 Å². The number of esters is 1. The molecule has 0 aliphatic carbocycles. The van der Waals surface area contributed by atoms with Crippen LogP contribution >= 0.6 is 0 Å². The maximum atomic E-state index is 10.9. The summed E-state index contributed by atoms with van der Waals surface area (Å²) in [6.45, 7) is 10.3. The summed E-state index contributed by atoms with van der Waals surface area (Å²) in [5.41, 5.74) is -0.472. The Morgan fingerprint density at radius 3 is 2.62 bits per heavy atom. The van der Waals surface area contributed by atoms with Gasteiger partial charge in [0.1, 0.15) is 5.60 Å². The highest BCUT2D eigenvalue weighted by Gasteiger charge is 2.20. The zero-order valence-electron chi connectivity index (χ0n) is 8.63. The van der Waals surface area contributed by atoms with Crippen molar-refractivity contribution in [2.45, 2.75) is 32.8 Å². The van der Waals surface area contributed by atoms with Crippen molar-refractivity contribution < 1.29 is 14.3 Å². The van der Waals surface area contributed by atoms with E-state index >= 15 is 0 Å². The summed E-state index contributed by atoms with van der Waals surface area (Å²) in [5, 5.41) is 0. The van der Waals surface area contributed by atoms with Crippen molar-refractivity contribution in [3.63, 3.8) is 0 Å². The highest BCUT2D eigenvalue weighted by molar-refractivity contribution is 5.81.